The molecule has 0 radical (unpaired) electrons. The van der Waals surface area contributed by atoms with Crippen LogP contribution >= 0.6 is 11.3 Å². The van der Waals surface area contributed by atoms with Gasteiger partial charge in [0.25, 0.3) is 11.8 Å². The van der Waals surface area contributed by atoms with Crippen LogP contribution in [0.25, 0.3) is 16.9 Å². The highest BCUT2D eigenvalue weighted by Gasteiger charge is 2.19. The molecule has 3 aromatic heterocycles. The number of carbonyl (C=O) groups is 2. The lowest BCUT2D eigenvalue weighted by molar-refractivity contribution is -0.122. The number of amides is 2. The van der Waals surface area contributed by atoms with Gasteiger partial charge in [-0.15, -0.1) is 11.3 Å². The highest BCUT2D eigenvalue weighted by molar-refractivity contribution is 7.09. The highest BCUT2D eigenvalue weighted by Crippen LogP contribution is 2.27. The molecule has 0 unspecified atom stereocenters. The Hall–Kier alpha value is -3.92. The number of hydrazine groups is 1. The highest BCUT2D eigenvalue weighted by atomic mass is 32.1. The third-order valence-corrected chi connectivity index (χ3v) is 5.79. The van der Waals surface area contributed by atoms with Gasteiger partial charge in [-0.1, -0.05) is 18.2 Å². The average molecular weight is 451 g/mol. The van der Waals surface area contributed by atoms with Crippen LogP contribution in [0, 0.1) is 20.8 Å². The number of aromatic hydroxyl groups is 1. The number of benzene rings is 1. The molecule has 9 nitrogen and oxygen atoms in total. The minimum absolute atomic E-state index is 0.0193. The number of carbonyl (C=O) groups excluding carboxylic acids is 2. The fourth-order valence-corrected chi connectivity index (χ4v) is 4.01. The summed E-state index contributed by atoms with van der Waals surface area (Å²) in [6.07, 6.45) is 1.33. The van der Waals surface area contributed by atoms with E-state index in [1.807, 2.05) is 55.0 Å². The molecule has 0 fully saturated rings. The van der Waals surface area contributed by atoms with Gasteiger partial charge in [0.15, 0.2) is 11.4 Å². The van der Waals surface area contributed by atoms with Crippen LogP contribution in [0.15, 0.2) is 48.0 Å². The Morgan fingerprint density at radius 3 is 2.56 bits per heavy atom. The molecule has 0 spiro atoms. The molecule has 0 aliphatic rings. The minimum Gasteiger partial charge on any atom is -0.504 e. The Labute approximate surface area is 188 Å². The summed E-state index contributed by atoms with van der Waals surface area (Å²) >= 11 is 1.57. The van der Waals surface area contributed by atoms with Crippen molar-refractivity contribution in [3.63, 3.8) is 0 Å². The summed E-state index contributed by atoms with van der Waals surface area (Å²) in [5, 5.41) is 17.1. The van der Waals surface area contributed by atoms with E-state index in [2.05, 4.69) is 20.9 Å². The number of rotatable bonds is 5. The minimum atomic E-state index is -0.717. The predicted octanol–water partition coefficient (Wildman–Crippen LogP) is 2.89. The fourth-order valence-electron chi connectivity index (χ4n) is 3.40. The summed E-state index contributed by atoms with van der Waals surface area (Å²) < 4.78 is 3.24. The van der Waals surface area contributed by atoms with E-state index in [1.165, 1.54) is 10.9 Å². The maximum Gasteiger partial charge on any atom is 0.294 e. The summed E-state index contributed by atoms with van der Waals surface area (Å²) in [5.41, 5.74) is 8.86. The number of nitrogens with one attached hydrogen (secondary N) is 2. The topological polar surface area (TPSA) is 114 Å². The average Bonchev–Trinajstić information content (AvgIpc) is 3.46. The van der Waals surface area contributed by atoms with Gasteiger partial charge in [-0.25, -0.2) is 9.67 Å². The molecular weight excluding hydrogens is 428 g/mol. The fraction of sp³-hybridized carbons (Fsp3) is 0.182. The van der Waals surface area contributed by atoms with Crippen LogP contribution in [0.2, 0.25) is 0 Å². The van der Waals surface area contributed by atoms with Crippen LogP contribution in [0.3, 0.4) is 0 Å². The Morgan fingerprint density at radius 1 is 1.12 bits per heavy atom. The number of thiazole rings is 1. The van der Waals surface area contributed by atoms with Crippen molar-refractivity contribution in [1.82, 2.24) is 30.2 Å². The zero-order chi connectivity index (χ0) is 22.8. The SMILES string of the molecule is Cc1nc(-c2cc(C)n(CC(=O)NNC(=O)c3nn(-c4ccccc4)cc3O)c2C)cs1. The van der Waals surface area contributed by atoms with Gasteiger partial charge in [0.05, 0.1) is 22.6 Å². The molecule has 3 N–H and O–H groups in total. The normalized spacial score (nSPS) is 10.8. The zero-order valence-corrected chi connectivity index (χ0v) is 18.6. The molecule has 0 aliphatic carbocycles. The molecule has 0 atom stereocenters. The van der Waals surface area contributed by atoms with Gasteiger partial charge >= 0.3 is 0 Å². The molecule has 4 rings (SSSR count). The predicted molar refractivity (Wildman–Crippen MR) is 121 cm³/mol. The van der Waals surface area contributed by atoms with Crippen LogP contribution in [0.1, 0.15) is 26.9 Å². The number of para-hydroxylation sites is 1. The molecular formula is C22H22N6O3S. The van der Waals surface area contributed by atoms with Crippen molar-refractivity contribution in [2.45, 2.75) is 27.3 Å². The van der Waals surface area contributed by atoms with Gasteiger partial charge in [-0.05, 0) is 39.0 Å². The second kappa shape index (κ2) is 8.67. The Kier molecular flexibility index (Phi) is 5.78. The maximum absolute atomic E-state index is 12.5. The number of aryl methyl sites for hydroxylation is 2. The smallest absolute Gasteiger partial charge is 0.294 e. The van der Waals surface area contributed by atoms with E-state index < -0.39 is 11.8 Å². The molecule has 164 valence electrons. The first-order chi connectivity index (χ1) is 15.3. The summed E-state index contributed by atoms with van der Waals surface area (Å²) in [7, 11) is 0. The number of nitrogens with zero attached hydrogens (tertiary/aromatic N) is 4. The number of aromatic nitrogens is 4. The molecule has 10 heteroatoms. The largest absolute Gasteiger partial charge is 0.504 e. The van der Waals surface area contributed by atoms with Crippen LogP contribution in [-0.4, -0.2) is 36.3 Å². The Balaban J connectivity index is 1.41. The summed E-state index contributed by atoms with van der Waals surface area (Å²) in [6.45, 7) is 5.81. The van der Waals surface area contributed by atoms with Crippen molar-refractivity contribution in [1.29, 1.82) is 0 Å². The first kappa shape index (κ1) is 21.3. The van der Waals surface area contributed by atoms with Gasteiger partial charge in [-0.2, -0.15) is 5.10 Å². The summed E-state index contributed by atoms with van der Waals surface area (Å²) in [5.74, 6) is -1.42. The lowest BCUT2D eigenvalue weighted by Crippen LogP contribution is -2.43. The third-order valence-electron chi connectivity index (χ3n) is 5.02. The monoisotopic (exact) mass is 450 g/mol. The quantitative estimate of drug-likeness (QED) is 0.405. The van der Waals surface area contributed by atoms with Crippen molar-refractivity contribution in [2.24, 2.45) is 0 Å². The van der Waals surface area contributed by atoms with Gasteiger partial charge in [0.1, 0.15) is 6.54 Å². The molecule has 4 aromatic rings. The molecule has 1 aromatic carbocycles. The van der Waals surface area contributed by atoms with Gasteiger partial charge in [0.2, 0.25) is 0 Å². The first-order valence-corrected chi connectivity index (χ1v) is 10.7. The molecule has 0 bridgehead atoms. The van der Waals surface area contributed by atoms with Gasteiger partial charge in [0, 0.05) is 22.3 Å². The summed E-state index contributed by atoms with van der Waals surface area (Å²) in [4.78, 5) is 29.4. The number of hydrogen-bond donors (Lipinski definition) is 3. The Bertz CT molecular complexity index is 1290. The molecule has 2 amide bonds. The van der Waals surface area contributed by atoms with E-state index in [9.17, 15) is 14.7 Å². The third kappa shape index (κ3) is 4.26. The van der Waals surface area contributed by atoms with Crippen molar-refractivity contribution >= 4 is 23.2 Å². The summed E-state index contributed by atoms with van der Waals surface area (Å²) in [6, 6.07) is 11.1. The van der Waals surface area contributed by atoms with Crippen LogP contribution in [-0.2, 0) is 11.3 Å². The second-order valence-corrected chi connectivity index (χ2v) is 8.33. The zero-order valence-electron chi connectivity index (χ0n) is 17.8. The molecule has 0 saturated carbocycles. The second-order valence-electron chi connectivity index (χ2n) is 7.27. The van der Waals surface area contributed by atoms with Crippen LogP contribution in [0.5, 0.6) is 5.75 Å². The van der Waals surface area contributed by atoms with E-state index in [1.54, 1.807) is 23.5 Å². The van der Waals surface area contributed by atoms with E-state index in [0.29, 0.717) is 5.69 Å². The van der Waals surface area contributed by atoms with Crippen molar-refractivity contribution in [3.05, 3.63) is 70.1 Å². The lowest BCUT2D eigenvalue weighted by atomic mass is 10.2. The lowest BCUT2D eigenvalue weighted by Gasteiger charge is -2.11. The van der Waals surface area contributed by atoms with E-state index >= 15 is 0 Å². The maximum atomic E-state index is 12.5. The standard InChI is InChI=1S/C22H22N6O3S/c1-13-9-17(18-12-32-15(3)23-18)14(2)27(13)11-20(30)24-25-22(31)21-19(29)10-28(26-21)16-7-5-4-6-8-16/h4-10,12,29H,11H2,1-3H3,(H,24,30)(H,25,31). The Morgan fingerprint density at radius 2 is 1.88 bits per heavy atom. The molecule has 0 saturated heterocycles. The number of hydrogen-bond acceptors (Lipinski definition) is 6. The van der Waals surface area contributed by atoms with Crippen molar-refractivity contribution in [3.8, 4) is 22.7 Å². The van der Waals surface area contributed by atoms with E-state index in [-0.39, 0.29) is 18.0 Å². The van der Waals surface area contributed by atoms with E-state index in [4.69, 9.17) is 0 Å². The van der Waals surface area contributed by atoms with Crippen LogP contribution in [0.4, 0.5) is 0 Å². The van der Waals surface area contributed by atoms with Crippen LogP contribution < -0.4 is 10.9 Å². The molecule has 0 aliphatic heterocycles. The molecule has 32 heavy (non-hydrogen) atoms. The van der Waals surface area contributed by atoms with Crippen molar-refractivity contribution in [2.75, 3.05) is 0 Å². The van der Waals surface area contributed by atoms with Crippen molar-refractivity contribution < 1.29 is 14.7 Å². The van der Waals surface area contributed by atoms with Gasteiger partial charge in [-0.3, -0.25) is 20.4 Å². The first-order valence-electron chi connectivity index (χ1n) is 9.86. The van der Waals surface area contributed by atoms with Gasteiger partial charge < -0.3 is 9.67 Å². The molecule has 3 heterocycles. The van der Waals surface area contributed by atoms with E-state index in [0.717, 1.165) is 27.7 Å².